The van der Waals surface area contributed by atoms with Crippen molar-refractivity contribution in [3.8, 4) is 11.3 Å². The molecule has 2 spiro atoms. The Labute approximate surface area is 259 Å². The predicted molar refractivity (Wildman–Crippen MR) is 177 cm³/mol. The molecule has 1 saturated heterocycles. The molecule has 9 rings (SSSR count). The number of benzene rings is 4. The highest BCUT2D eigenvalue weighted by Gasteiger charge is 2.72. The van der Waals surface area contributed by atoms with Crippen molar-refractivity contribution in [2.75, 3.05) is 13.6 Å². The van der Waals surface area contributed by atoms with Crippen molar-refractivity contribution in [2.24, 2.45) is 16.4 Å². The average molecular weight is 576 g/mol. The van der Waals surface area contributed by atoms with E-state index in [0.717, 1.165) is 48.2 Å². The minimum Gasteiger partial charge on any atom is -0.302 e. The third-order valence-corrected chi connectivity index (χ3v) is 11.3. The van der Waals surface area contributed by atoms with Gasteiger partial charge in [0, 0.05) is 29.4 Å². The fourth-order valence-corrected chi connectivity index (χ4v) is 9.49. The summed E-state index contributed by atoms with van der Waals surface area (Å²) in [4.78, 5) is 13.5. The first-order valence-corrected chi connectivity index (χ1v) is 16.1. The second-order valence-corrected chi connectivity index (χ2v) is 13.5. The number of nitrogens with zero attached hydrogens (tertiary/aromatic N) is 4. The Kier molecular flexibility index (Phi) is 5.53. The highest BCUT2D eigenvalue weighted by Crippen LogP contribution is 2.70. The van der Waals surface area contributed by atoms with E-state index in [4.69, 9.17) is 15.1 Å². The zero-order chi connectivity index (χ0) is 29.6. The highest BCUT2D eigenvalue weighted by atomic mass is 15.4. The van der Waals surface area contributed by atoms with Crippen LogP contribution in [0.1, 0.15) is 64.7 Å². The number of aryl methyl sites for hydroxylation is 2. The first-order chi connectivity index (χ1) is 21.5. The standard InChI is InChI=1S/C39H37N5/c1-24-14-18-26(19-15-24)31-23-44(3)39(30-11-5-4-9-28(30)35-37(39)41-33-13-7-6-12-32(33)40-35)38(31)22-8-10-29-34(42-43-36(29)38)27-20-16-25(2)17-21-27/h4-7,9,11-21,29,31,34,42H,8,10,22-23H2,1-3H3/t29?,31-,34?,38+,39-/m0/s1. The molecule has 0 bridgehead atoms. The lowest BCUT2D eigenvalue weighted by atomic mass is 9.51. The molecule has 1 N–H and O–H groups in total. The van der Waals surface area contributed by atoms with Crippen LogP contribution in [-0.4, -0.2) is 34.2 Å². The molecular formula is C39H37N5. The van der Waals surface area contributed by atoms with E-state index >= 15 is 0 Å². The SMILES string of the molecule is Cc1ccc(C2NN=C3C2CCC[C@@]32[C@H](c3ccc(C)cc3)CN(C)[C@]23c2ccccc2-c2nc4ccccc4nc23)cc1. The molecule has 5 aromatic rings. The van der Waals surface area contributed by atoms with Crippen LogP contribution in [0.4, 0.5) is 0 Å². The summed E-state index contributed by atoms with van der Waals surface area (Å²) in [5, 5.41) is 5.42. The second-order valence-electron chi connectivity index (χ2n) is 13.5. The monoisotopic (exact) mass is 575 g/mol. The van der Waals surface area contributed by atoms with Gasteiger partial charge in [-0.2, -0.15) is 5.10 Å². The Bertz CT molecular complexity index is 1960. The van der Waals surface area contributed by atoms with E-state index in [1.807, 2.05) is 0 Å². The van der Waals surface area contributed by atoms with Crippen molar-refractivity contribution in [2.45, 2.75) is 50.6 Å². The predicted octanol–water partition coefficient (Wildman–Crippen LogP) is 7.69. The Morgan fingerprint density at radius 3 is 2.18 bits per heavy atom. The summed E-state index contributed by atoms with van der Waals surface area (Å²) in [5.74, 6) is 0.563. The van der Waals surface area contributed by atoms with Crippen LogP contribution in [0.2, 0.25) is 0 Å². The largest absolute Gasteiger partial charge is 0.302 e. The maximum absolute atomic E-state index is 5.57. The van der Waals surface area contributed by atoms with E-state index in [-0.39, 0.29) is 17.4 Å². The molecule has 4 aliphatic rings. The van der Waals surface area contributed by atoms with Gasteiger partial charge in [0.05, 0.1) is 34.2 Å². The number of hydrogen-bond donors (Lipinski definition) is 1. The van der Waals surface area contributed by atoms with Crippen LogP contribution in [-0.2, 0) is 5.54 Å². The van der Waals surface area contributed by atoms with Gasteiger partial charge in [-0.3, -0.25) is 4.90 Å². The molecule has 2 unspecified atom stereocenters. The lowest BCUT2D eigenvalue weighted by Crippen LogP contribution is -2.57. The lowest BCUT2D eigenvalue weighted by Gasteiger charge is -2.52. The van der Waals surface area contributed by atoms with Gasteiger partial charge < -0.3 is 5.43 Å². The van der Waals surface area contributed by atoms with Crippen LogP contribution in [0.5, 0.6) is 0 Å². The Balaban J connectivity index is 1.34. The number of likely N-dealkylation sites (N-methyl/N-ethyl adjacent to an activating group) is 1. The fraction of sp³-hybridized carbons (Fsp3) is 0.308. The molecule has 4 aromatic carbocycles. The van der Waals surface area contributed by atoms with Crippen LogP contribution in [0.15, 0.2) is 102 Å². The van der Waals surface area contributed by atoms with Crippen molar-refractivity contribution in [1.29, 1.82) is 0 Å². The van der Waals surface area contributed by atoms with E-state index in [9.17, 15) is 0 Å². The normalized spacial score (nSPS) is 28.6. The molecule has 5 nitrogen and oxygen atoms in total. The van der Waals surface area contributed by atoms with Gasteiger partial charge in [0.2, 0.25) is 0 Å². The van der Waals surface area contributed by atoms with Gasteiger partial charge in [-0.15, -0.1) is 0 Å². The van der Waals surface area contributed by atoms with Crippen molar-refractivity contribution < 1.29 is 0 Å². The fourth-order valence-electron chi connectivity index (χ4n) is 9.49. The maximum Gasteiger partial charge on any atom is 0.103 e. The minimum absolute atomic E-state index is 0.170. The summed E-state index contributed by atoms with van der Waals surface area (Å²) in [5.41, 5.74) is 16.1. The number of aromatic nitrogens is 2. The van der Waals surface area contributed by atoms with Crippen LogP contribution in [0.3, 0.4) is 0 Å². The topological polar surface area (TPSA) is 53.4 Å². The quantitative estimate of drug-likeness (QED) is 0.235. The number of para-hydroxylation sites is 2. The first-order valence-electron chi connectivity index (χ1n) is 16.1. The molecule has 5 heteroatoms. The Hall–Kier alpha value is -4.35. The molecule has 3 heterocycles. The number of likely N-dealkylation sites (tertiary alicyclic amines) is 1. The molecule has 218 valence electrons. The van der Waals surface area contributed by atoms with Gasteiger partial charge in [-0.05, 0) is 62.6 Å². The van der Waals surface area contributed by atoms with Crippen molar-refractivity contribution in [3.05, 3.63) is 131 Å². The van der Waals surface area contributed by atoms with Gasteiger partial charge in [0.25, 0.3) is 0 Å². The van der Waals surface area contributed by atoms with Gasteiger partial charge >= 0.3 is 0 Å². The van der Waals surface area contributed by atoms with E-state index in [2.05, 4.69) is 128 Å². The van der Waals surface area contributed by atoms with Gasteiger partial charge in [0.1, 0.15) is 5.54 Å². The summed E-state index contributed by atoms with van der Waals surface area (Å²) >= 11 is 0. The summed E-state index contributed by atoms with van der Waals surface area (Å²) in [6.45, 7) is 5.26. The molecule has 1 aromatic heterocycles. The smallest absolute Gasteiger partial charge is 0.103 e. The van der Waals surface area contributed by atoms with Crippen LogP contribution in [0.25, 0.3) is 22.3 Å². The average Bonchev–Trinajstić information content (AvgIpc) is 3.69. The number of nitrogens with one attached hydrogen (secondary N) is 1. The summed E-state index contributed by atoms with van der Waals surface area (Å²) < 4.78 is 0. The number of fused-ring (bicyclic) bond motifs is 9. The second kappa shape index (κ2) is 9.33. The Morgan fingerprint density at radius 2 is 1.43 bits per heavy atom. The first kappa shape index (κ1) is 26.1. The lowest BCUT2D eigenvalue weighted by molar-refractivity contribution is 0.111. The van der Waals surface area contributed by atoms with Gasteiger partial charge in [-0.1, -0.05) is 102 Å². The van der Waals surface area contributed by atoms with Crippen LogP contribution >= 0.6 is 0 Å². The molecule has 2 aliphatic heterocycles. The minimum atomic E-state index is -0.493. The Morgan fingerprint density at radius 1 is 0.773 bits per heavy atom. The van der Waals surface area contributed by atoms with Crippen LogP contribution < -0.4 is 5.43 Å². The van der Waals surface area contributed by atoms with Crippen molar-refractivity contribution >= 4 is 16.7 Å². The van der Waals surface area contributed by atoms with Crippen LogP contribution in [0, 0.1) is 25.2 Å². The number of hydrogen-bond acceptors (Lipinski definition) is 5. The number of hydrazone groups is 1. The van der Waals surface area contributed by atoms with Crippen molar-refractivity contribution in [1.82, 2.24) is 20.3 Å². The zero-order valence-corrected chi connectivity index (χ0v) is 25.6. The maximum atomic E-state index is 5.57. The van der Waals surface area contributed by atoms with Gasteiger partial charge in [-0.25, -0.2) is 9.97 Å². The number of rotatable bonds is 2. The molecule has 44 heavy (non-hydrogen) atoms. The molecule has 2 aliphatic carbocycles. The molecule has 5 atom stereocenters. The zero-order valence-electron chi connectivity index (χ0n) is 25.6. The molecule has 2 fully saturated rings. The molecule has 0 amide bonds. The molecule has 1 saturated carbocycles. The van der Waals surface area contributed by atoms with E-state index in [1.165, 1.54) is 39.1 Å². The van der Waals surface area contributed by atoms with E-state index < -0.39 is 5.54 Å². The molecule has 0 radical (unpaired) electrons. The highest BCUT2D eigenvalue weighted by molar-refractivity contribution is 6.00. The van der Waals surface area contributed by atoms with E-state index in [1.54, 1.807) is 0 Å². The third kappa shape index (κ3) is 3.25. The third-order valence-electron chi connectivity index (χ3n) is 11.3. The molecular weight excluding hydrogens is 538 g/mol. The summed E-state index contributed by atoms with van der Waals surface area (Å²) in [7, 11) is 2.32. The summed E-state index contributed by atoms with van der Waals surface area (Å²) in [6, 6.07) is 35.8. The van der Waals surface area contributed by atoms with Crippen molar-refractivity contribution in [3.63, 3.8) is 0 Å². The summed E-state index contributed by atoms with van der Waals surface area (Å²) in [6.07, 6.45) is 3.32. The van der Waals surface area contributed by atoms with E-state index in [0.29, 0.717) is 5.92 Å². The van der Waals surface area contributed by atoms with Gasteiger partial charge in [0.15, 0.2) is 0 Å².